The Hall–Kier alpha value is -0.410. The van der Waals surface area contributed by atoms with Crippen LogP contribution in [0.25, 0.3) is 0 Å². The Morgan fingerprint density at radius 1 is 1.47 bits per heavy atom. The fourth-order valence-electron chi connectivity index (χ4n) is 1.87. The lowest BCUT2D eigenvalue weighted by atomic mass is 9.89. The fourth-order valence-corrected chi connectivity index (χ4v) is 1.87. The molecule has 1 N–H and O–H groups in total. The lowest BCUT2D eigenvalue weighted by molar-refractivity contribution is -0.126. The van der Waals surface area contributed by atoms with Crippen LogP contribution in [0.4, 0.5) is 0 Å². The molecule has 0 aromatic rings. The van der Waals surface area contributed by atoms with Crippen LogP contribution >= 0.6 is 0 Å². The van der Waals surface area contributed by atoms with Crippen LogP contribution in [-0.4, -0.2) is 41.5 Å². The van der Waals surface area contributed by atoms with Gasteiger partial charge in [0.1, 0.15) is 5.78 Å². The van der Waals surface area contributed by atoms with E-state index < -0.39 is 0 Å². The molecule has 1 aliphatic heterocycles. The van der Waals surface area contributed by atoms with Gasteiger partial charge in [-0.25, -0.2) is 0 Å². The number of nitrogens with zero attached hydrogens (tertiary/aromatic N) is 1. The van der Waals surface area contributed by atoms with Gasteiger partial charge in [0, 0.05) is 24.9 Å². The normalized spacial score (nSPS) is 24.1. The van der Waals surface area contributed by atoms with Gasteiger partial charge in [-0.1, -0.05) is 20.8 Å². The molecule has 1 atom stereocenters. The van der Waals surface area contributed by atoms with Crippen molar-refractivity contribution in [2.75, 3.05) is 19.6 Å². The smallest absolute Gasteiger partial charge is 0.139 e. The molecule has 0 spiro atoms. The molecule has 1 fully saturated rings. The van der Waals surface area contributed by atoms with Crippen molar-refractivity contribution in [2.24, 2.45) is 5.41 Å². The topological polar surface area (TPSA) is 40.5 Å². The number of Topliss-reactive ketones (excluding diaryl/α,β-unsaturated/α-hetero) is 1. The Morgan fingerprint density at radius 2 is 2.13 bits per heavy atom. The second-order valence-corrected chi connectivity index (χ2v) is 5.52. The highest BCUT2D eigenvalue weighted by Gasteiger charge is 2.23. The Bertz CT molecular complexity index is 220. The number of carbonyl (C=O) groups is 1. The number of hydrogen-bond acceptors (Lipinski definition) is 3. The number of piperidine rings is 1. The molecule has 0 aromatic heterocycles. The molecule has 0 radical (unpaired) electrons. The molecular formula is C12H23NO2. The summed E-state index contributed by atoms with van der Waals surface area (Å²) in [6.45, 7) is 8.43. The van der Waals surface area contributed by atoms with E-state index in [2.05, 4.69) is 4.90 Å². The minimum absolute atomic E-state index is 0.191. The van der Waals surface area contributed by atoms with Gasteiger partial charge in [0.2, 0.25) is 0 Å². The molecule has 1 saturated heterocycles. The van der Waals surface area contributed by atoms with Gasteiger partial charge in [0.05, 0.1) is 6.10 Å². The summed E-state index contributed by atoms with van der Waals surface area (Å²) in [7, 11) is 0. The van der Waals surface area contributed by atoms with Crippen LogP contribution in [0.5, 0.6) is 0 Å². The molecule has 1 heterocycles. The Balaban J connectivity index is 2.28. The molecule has 3 heteroatoms. The lowest BCUT2D eigenvalue weighted by Crippen LogP contribution is -2.40. The zero-order valence-corrected chi connectivity index (χ0v) is 10.1. The lowest BCUT2D eigenvalue weighted by Gasteiger charge is -2.30. The molecule has 3 nitrogen and oxygen atoms in total. The maximum Gasteiger partial charge on any atom is 0.139 e. The third kappa shape index (κ3) is 4.31. The molecule has 0 aromatic carbocycles. The first-order valence-electron chi connectivity index (χ1n) is 5.83. The summed E-state index contributed by atoms with van der Waals surface area (Å²) in [4.78, 5) is 13.9. The van der Waals surface area contributed by atoms with E-state index in [1.54, 1.807) is 0 Å². The SMILES string of the molecule is CC(C)(C)C(=O)CCN1CCCC(O)C1. The molecule has 0 bridgehead atoms. The number of hydrogen-bond donors (Lipinski definition) is 1. The van der Waals surface area contributed by atoms with Crippen molar-refractivity contribution in [1.82, 2.24) is 4.90 Å². The minimum atomic E-state index is -0.228. The van der Waals surface area contributed by atoms with E-state index in [0.717, 1.165) is 32.5 Å². The highest BCUT2D eigenvalue weighted by Crippen LogP contribution is 2.18. The zero-order valence-electron chi connectivity index (χ0n) is 10.1. The first-order chi connectivity index (χ1) is 6.89. The van der Waals surface area contributed by atoms with Crippen molar-refractivity contribution in [3.63, 3.8) is 0 Å². The molecule has 0 amide bonds. The van der Waals surface area contributed by atoms with Gasteiger partial charge in [-0.05, 0) is 19.4 Å². The monoisotopic (exact) mass is 213 g/mol. The summed E-state index contributed by atoms with van der Waals surface area (Å²) in [5.74, 6) is 0.308. The van der Waals surface area contributed by atoms with E-state index in [1.165, 1.54) is 0 Å². The molecule has 1 unspecified atom stereocenters. The number of aliphatic hydroxyl groups excluding tert-OH is 1. The zero-order chi connectivity index (χ0) is 11.5. The maximum absolute atomic E-state index is 11.7. The van der Waals surface area contributed by atoms with Crippen molar-refractivity contribution >= 4 is 5.78 Å². The van der Waals surface area contributed by atoms with E-state index in [-0.39, 0.29) is 11.5 Å². The molecule has 1 aliphatic rings. The largest absolute Gasteiger partial charge is 0.392 e. The number of carbonyl (C=O) groups excluding carboxylic acids is 1. The first-order valence-corrected chi connectivity index (χ1v) is 5.83. The van der Waals surface area contributed by atoms with Gasteiger partial charge in [-0.2, -0.15) is 0 Å². The van der Waals surface area contributed by atoms with Crippen molar-refractivity contribution < 1.29 is 9.90 Å². The highest BCUT2D eigenvalue weighted by molar-refractivity contribution is 5.83. The van der Waals surface area contributed by atoms with E-state index in [1.807, 2.05) is 20.8 Å². The summed E-state index contributed by atoms with van der Waals surface area (Å²) >= 11 is 0. The van der Waals surface area contributed by atoms with Crippen LogP contribution in [0.2, 0.25) is 0 Å². The predicted octanol–water partition coefficient (Wildman–Crippen LogP) is 1.45. The quantitative estimate of drug-likeness (QED) is 0.771. The van der Waals surface area contributed by atoms with Crippen LogP contribution in [0.3, 0.4) is 0 Å². The summed E-state index contributed by atoms with van der Waals surface area (Å²) in [6.07, 6.45) is 2.37. The summed E-state index contributed by atoms with van der Waals surface area (Å²) < 4.78 is 0. The molecular weight excluding hydrogens is 190 g/mol. The Morgan fingerprint density at radius 3 is 2.67 bits per heavy atom. The van der Waals surface area contributed by atoms with Crippen LogP contribution in [-0.2, 0) is 4.79 Å². The second-order valence-electron chi connectivity index (χ2n) is 5.52. The average Bonchev–Trinajstić information content (AvgIpc) is 2.12. The summed E-state index contributed by atoms with van der Waals surface area (Å²) in [5.41, 5.74) is -0.228. The standard InChI is InChI=1S/C12H23NO2/c1-12(2,3)11(15)6-8-13-7-4-5-10(14)9-13/h10,14H,4-9H2,1-3H3. The Kier molecular flexibility index (Phi) is 4.29. The van der Waals surface area contributed by atoms with Gasteiger partial charge >= 0.3 is 0 Å². The number of aliphatic hydroxyl groups is 1. The minimum Gasteiger partial charge on any atom is -0.392 e. The van der Waals surface area contributed by atoms with E-state index >= 15 is 0 Å². The number of likely N-dealkylation sites (tertiary alicyclic amines) is 1. The van der Waals surface area contributed by atoms with Crippen molar-refractivity contribution in [3.8, 4) is 0 Å². The second kappa shape index (κ2) is 5.08. The maximum atomic E-state index is 11.7. The van der Waals surface area contributed by atoms with Gasteiger partial charge in [-0.15, -0.1) is 0 Å². The van der Waals surface area contributed by atoms with Crippen molar-refractivity contribution in [2.45, 2.75) is 46.1 Å². The third-order valence-corrected chi connectivity index (χ3v) is 2.97. The summed E-state index contributed by atoms with van der Waals surface area (Å²) in [6, 6.07) is 0. The molecule has 0 saturated carbocycles. The van der Waals surface area contributed by atoms with Crippen LogP contribution in [0.15, 0.2) is 0 Å². The first kappa shape index (κ1) is 12.7. The van der Waals surface area contributed by atoms with Gasteiger partial charge in [0.25, 0.3) is 0 Å². The van der Waals surface area contributed by atoms with Crippen molar-refractivity contribution in [3.05, 3.63) is 0 Å². The predicted molar refractivity (Wildman–Crippen MR) is 60.8 cm³/mol. The van der Waals surface area contributed by atoms with Gasteiger partial charge in [0.15, 0.2) is 0 Å². The molecule has 1 rings (SSSR count). The number of ketones is 1. The van der Waals surface area contributed by atoms with Crippen LogP contribution < -0.4 is 0 Å². The summed E-state index contributed by atoms with van der Waals surface area (Å²) in [5, 5.41) is 9.48. The molecule has 15 heavy (non-hydrogen) atoms. The molecule has 0 aliphatic carbocycles. The van der Waals surface area contributed by atoms with Gasteiger partial charge in [-0.3, -0.25) is 4.79 Å². The third-order valence-electron chi connectivity index (χ3n) is 2.97. The highest BCUT2D eigenvalue weighted by atomic mass is 16.3. The van der Waals surface area contributed by atoms with E-state index in [4.69, 9.17) is 0 Å². The number of rotatable bonds is 3. The van der Waals surface area contributed by atoms with Crippen LogP contribution in [0, 0.1) is 5.41 Å². The Labute approximate surface area is 92.5 Å². The fraction of sp³-hybridized carbons (Fsp3) is 0.917. The van der Waals surface area contributed by atoms with E-state index in [0.29, 0.717) is 12.2 Å². The van der Waals surface area contributed by atoms with Gasteiger partial charge < -0.3 is 10.0 Å². The van der Waals surface area contributed by atoms with Crippen molar-refractivity contribution in [1.29, 1.82) is 0 Å². The number of β-amino-alcohol motifs (C(OH)–C–C–N with tert-alkyl or cyclic N) is 1. The van der Waals surface area contributed by atoms with Crippen LogP contribution in [0.1, 0.15) is 40.0 Å². The van der Waals surface area contributed by atoms with E-state index in [9.17, 15) is 9.90 Å². The molecule has 88 valence electrons. The average molecular weight is 213 g/mol.